The fourth-order valence-electron chi connectivity index (χ4n) is 0. The van der Waals surface area contributed by atoms with E-state index < -0.39 is 35.8 Å². The van der Waals surface area contributed by atoms with Crippen LogP contribution in [0.15, 0.2) is 0 Å². The van der Waals surface area contributed by atoms with Gasteiger partial charge in [-0.2, -0.15) is 0 Å². The Morgan fingerprint density at radius 3 is 0.476 bits per heavy atom. The molecule has 0 bridgehead atoms. The standard InChI is InChI=1S/3C2H2O4.Fe.Mg.Mn/c3*3-1(4)2(5)6;;;/h3*(H,3,4)(H,5,6);;;/q;;;3*+2/p-6. The summed E-state index contributed by atoms with van der Waals surface area (Å²) in [6.07, 6.45) is 0. The van der Waals surface area contributed by atoms with Crippen molar-refractivity contribution >= 4 is 58.9 Å². The maximum atomic E-state index is 8.93. The molecule has 0 aliphatic heterocycles. The zero-order valence-electron chi connectivity index (χ0n) is 9.34. The Labute approximate surface area is 152 Å². The predicted molar refractivity (Wildman–Crippen MR) is 35.8 cm³/mol. The van der Waals surface area contributed by atoms with E-state index in [2.05, 4.69) is 0 Å². The van der Waals surface area contributed by atoms with E-state index in [9.17, 15) is 0 Å². The number of rotatable bonds is 0. The summed E-state index contributed by atoms with van der Waals surface area (Å²) in [4.78, 5) is 53.6. The summed E-state index contributed by atoms with van der Waals surface area (Å²) in [5.41, 5.74) is 0. The minimum atomic E-state index is -2.19. The van der Waals surface area contributed by atoms with Gasteiger partial charge in [0.2, 0.25) is 0 Å². The van der Waals surface area contributed by atoms with E-state index >= 15 is 0 Å². The SMILES string of the molecule is O=C([O-])C(=O)[O-].O=C([O-])C(=O)[O-].O=C([O-])C(=O)[O-].[Fe+2].[Mg+2].[Mn+2]. The molecular formula is C6FeMgMnO12. The maximum Gasteiger partial charge on any atom is 2.00 e. The number of aliphatic carboxylic acids is 6. The minimum Gasteiger partial charge on any atom is -0.543 e. The van der Waals surface area contributed by atoms with Crippen LogP contribution in [0.4, 0.5) is 0 Å². The van der Waals surface area contributed by atoms with Gasteiger partial charge in [0.15, 0.2) is 0 Å². The third kappa shape index (κ3) is 45.6. The molecule has 0 unspecified atom stereocenters. The first kappa shape index (κ1) is 36.7. The molecule has 0 N–H and O–H groups in total. The van der Waals surface area contributed by atoms with E-state index in [-0.39, 0.29) is 57.2 Å². The van der Waals surface area contributed by atoms with Crippen molar-refractivity contribution in [3.63, 3.8) is 0 Å². The number of carboxylic acid groups (broad SMARTS) is 6. The molecular weight excluding hydrogens is 399 g/mol. The van der Waals surface area contributed by atoms with Gasteiger partial charge in [0.1, 0.15) is 0 Å². The van der Waals surface area contributed by atoms with E-state index in [1.165, 1.54) is 0 Å². The molecule has 15 heteroatoms. The van der Waals surface area contributed by atoms with Gasteiger partial charge in [-0.1, -0.05) is 0 Å². The van der Waals surface area contributed by atoms with Gasteiger partial charge in [-0.3, -0.25) is 0 Å². The minimum absolute atomic E-state index is 0. The first-order chi connectivity index (χ1) is 7.93. The topological polar surface area (TPSA) is 241 Å². The van der Waals surface area contributed by atoms with Crippen molar-refractivity contribution in [1.29, 1.82) is 0 Å². The van der Waals surface area contributed by atoms with E-state index in [0.29, 0.717) is 0 Å². The summed E-state index contributed by atoms with van der Waals surface area (Å²) in [6.45, 7) is 0. The molecule has 0 rings (SSSR count). The van der Waals surface area contributed by atoms with Gasteiger partial charge in [-0.15, -0.1) is 0 Å². The van der Waals surface area contributed by atoms with Crippen LogP contribution in [0.1, 0.15) is 0 Å². The third-order valence-corrected chi connectivity index (χ3v) is 0.500. The smallest absolute Gasteiger partial charge is 0.543 e. The number of hydrogen-bond donors (Lipinski definition) is 0. The Balaban J connectivity index is -0.0000000375. The molecule has 0 saturated carbocycles. The Kier molecular flexibility index (Phi) is 36.6. The molecule has 0 atom stereocenters. The maximum absolute atomic E-state index is 8.93. The first-order valence-electron chi connectivity index (χ1n) is 3.20. The summed E-state index contributed by atoms with van der Waals surface area (Å²) < 4.78 is 0. The van der Waals surface area contributed by atoms with Crippen molar-refractivity contribution in [2.24, 2.45) is 0 Å². The molecule has 0 spiro atoms. The van der Waals surface area contributed by atoms with Crippen molar-refractivity contribution in [3.05, 3.63) is 0 Å². The van der Waals surface area contributed by atoms with Crippen LogP contribution in [-0.2, 0) is 62.9 Å². The summed E-state index contributed by atoms with van der Waals surface area (Å²) in [5.74, 6) is -13.1. The van der Waals surface area contributed by atoms with Gasteiger partial charge in [-0.25, -0.2) is 0 Å². The van der Waals surface area contributed by atoms with Gasteiger partial charge in [0, 0.05) is 0 Å². The zero-order chi connectivity index (χ0) is 15.5. The van der Waals surface area contributed by atoms with Crippen molar-refractivity contribution in [2.75, 3.05) is 0 Å². The van der Waals surface area contributed by atoms with Crippen molar-refractivity contribution < 1.29 is 93.5 Å². The second-order valence-corrected chi connectivity index (χ2v) is 1.72. The van der Waals surface area contributed by atoms with Crippen LogP contribution < -0.4 is 30.6 Å². The van der Waals surface area contributed by atoms with Crippen LogP contribution >= 0.6 is 0 Å². The van der Waals surface area contributed by atoms with Gasteiger partial charge in [-0.05, 0) is 0 Å². The van der Waals surface area contributed by atoms with Gasteiger partial charge in [0.05, 0.1) is 35.8 Å². The molecule has 0 amide bonds. The van der Waals surface area contributed by atoms with Gasteiger partial charge >= 0.3 is 57.2 Å². The molecule has 21 heavy (non-hydrogen) atoms. The van der Waals surface area contributed by atoms with E-state index in [0.717, 1.165) is 0 Å². The molecule has 1 radical (unpaired) electrons. The van der Waals surface area contributed by atoms with Crippen LogP contribution in [-0.4, -0.2) is 58.9 Å². The van der Waals surface area contributed by atoms with Crippen molar-refractivity contribution in [3.8, 4) is 0 Å². The van der Waals surface area contributed by atoms with Gasteiger partial charge in [0.25, 0.3) is 0 Å². The molecule has 0 saturated heterocycles. The summed E-state index contributed by atoms with van der Waals surface area (Å²) >= 11 is 0. The summed E-state index contributed by atoms with van der Waals surface area (Å²) in [7, 11) is 0. The number of carbonyl (C=O) groups excluding carboxylic acids is 6. The Morgan fingerprint density at radius 1 is 0.429 bits per heavy atom. The molecule has 0 aromatic carbocycles. The average Bonchev–Trinajstić information content (AvgIpc) is 2.18. The van der Waals surface area contributed by atoms with Crippen LogP contribution in [0, 0.1) is 0 Å². The van der Waals surface area contributed by atoms with Crippen LogP contribution in [0.3, 0.4) is 0 Å². The molecule has 0 aromatic heterocycles. The van der Waals surface area contributed by atoms with Crippen molar-refractivity contribution in [2.45, 2.75) is 0 Å². The van der Waals surface area contributed by atoms with Crippen LogP contribution in [0.5, 0.6) is 0 Å². The zero-order valence-corrected chi connectivity index (χ0v) is 13.0. The Hall–Kier alpha value is -1.37. The van der Waals surface area contributed by atoms with Crippen LogP contribution in [0.25, 0.3) is 0 Å². The normalized spacial score (nSPS) is 6.29. The summed E-state index contributed by atoms with van der Waals surface area (Å²) in [5, 5.41) is 53.6. The second-order valence-electron chi connectivity index (χ2n) is 1.72. The molecule has 0 aromatic rings. The predicted octanol–water partition coefficient (Wildman–Crippen LogP) is -10.9. The van der Waals surface area contributed by atoms with Crippen LogP contribution in [0.2, 0.25) is 0 Å². The van der Waals surface area contributed by atoms with Gasteiger partial charge < -0.3 is 59.4 Å². The fourth-order valence-corrected chi connectivity index (χ4v) is 0. The molecule has 113 valence electrons. The largest absolute Gasteiger partial charge is 2.00 e. The van der Waals surface area contributed by atoms with E-state index in [1.54, 1.807) is 0 Å². The first-order valence-corrected chi connectivity index (χ1v) is 3.20. The number of carboxylic acids is 6. The second kappa shape index (κ2) is 20.9. The molecule has 0 heterocycles. The molecule has 0 aliphatic carbocycles. The molecule has 12 nitrogen and oxygen atoms in total. The van der Waals surface area contributed by atoms with E-state index in [4.69, 9.17) is 59.4 Å². The van der Waals surface area contributed by atoms with E-state index in [1.807, 2.05) is 0 Å². The average molecular weight is 399 g/mol. The summed E-state index contributed by atoms with van der Waals surface area (Å²) in [6, 6.07) is 0. The quantitative estimate of drug-likeness (QED) is 0.272. The molecule has 0 aliphatic rings. The third-order valence-electron chi connectivity index (χ3n) is 0.500. The van der Waals surface area contributed by atoms with Crippen molar-refractivity contribution in [1.82, 2.24) is 0 Å². The Morgan fingerprint density at radius 2 is 0.476 bits per heavy atom. The molecule has 0 fully saturated rings. The number of hydrogen-bond acceptors (Lipinski definition) is 12. The fraction of sp³-hybridized carbons (Fsp3) is 0. The Bertz CT molecular complexity index is 289. The monoisotopic (exact) mass is 399 g/mol. The number of carbonyl (C=O) groups is 6.